The molecule has 1 atom stereocenters. The van der Waals surface area contributed by atoms with E-state index in [2.05, 4.69) is 39.3 Å². The second-order valence-corrected chi connectivity index (χ2v) is 8.02. The Labute approximate surface area is 177 Å². The number of amides is 1. The maximum absolute atomic E-state index is 11.4. The highest BCUT2D eigenvalue weighted by atomic mass is 16.5. The number of morpholine rings is 1. The van der Waals surface area contributed by atoms with Crippen LogP contribution in [-0.4, -0.2) is 112 Å². The summed E-state index contributed by atoms with van der Waals surface area (Å²) < 4.78 is 5.55. The van der Waals surface area contributed by atoms with Gasteiger partial charge in [0.25, 0.3) is 0 Å². The summed E-state index contributed by atoms with van der Waals surface area (Å²) in [7, 11) is 1.84. The van der Waals surface area contributed by atoms with E-state index in [-0.39, 0.29) is 5.91 Å². The number of carbonyl (C=O) groups is 1. The summed E-state index contributed by atoms with van der Waals surface area (Å²) in [6.07, 6.45) is 2.39. The molecule has 2 heterocycles. The van der Waals surface area contributed by atoms with E-state index in [1.807, 2.05) is 11.9 Å². The van der Waals surface area contributed by atoms with Crippen molar-refractivity contribution in [1.29, 1.82) is 0 Å². The number of piperazine rings is 1. The predicted octanol–water partition coefficient (Wildman–Crippen LogP) is 0.453. The molecule has 0 aromatic carbocycles. The van der Waals surface area contributed by atoms with Gasteiger partial charge in [-0.25, -0.2) is 0 Å². The summed E-state index contributed by atoms with van der Waals surface area (Å²) in [6.45, 7) is 16.2. The van der Waals surface area contributed by atoms with Crippen LogP contribution in [0.4, 0.5) is 0 Å². The highest BCUT2D eigenvalue weighted by molar-refractivity contribution is 5.79. The number of carbonyl (C=O) groups excluding carboxylic acids is 1. The number of rotatable bonds is 9. The van der Waals surface area contributed by atoms with Gasteiger partial charge in [-0.15, -0.1) is 0 Å². The molecule has 0 spiro atoms. The number of nitrogens with zero attached hydrogens (tertiary/aromatic N) is 4. The lowest BCUT2D eigenvalue weighted by atomic mass is 9.92. The maximum atomic E-state index is 11.4. The molecule has 0 aliphatic carbocycles. The Kier molecular flexibility index (Phi) is 10.7. The van der Waals surface area contributed by atoms with Crippen LogP contribution in [0.2, 0.25) is 0 Å². The first-order valence-corrected chi connectivity index (χ1v) is 11.3. The third-order valence-electron chi connectivity index (χ3n) is 6.35. The van der Waals surface area contributed by atoms with E-state index < -0.39 is 0 Å². The molecular formula is C21H42N6O2. The van der Waals surface area contributed by atoms with Gasteiger partial charge in [-0.1, -0.05) is 26.7 Å². The molecule has 2 aliphatic rings. The topological polar surface area (TPSA) is 72.4 Å². The van der Waals surface area contributed by atoms with Gasteiger partial charge in [0, 0.05) is 78.9 Å². The Morgan fingerprint density at radius 3 is 2.24 bits per heavy atom. The molecule has 2 aliphatic heterocycles. The largest absolute Gasteiger partial charge is 0.379 e. The van der Waals surface area contributed by atoms with E-state index in [0.717, 1.165) is 78.1 Å². The first kappa shape index (κ1) is 23.9. The van der Waals surface area contributed by atoms with Crippen molar-refractivity contribution < 1.29 is 9.53 Å². The van der Waals surface area contributed by atoms with Crippen molar-refractivity contribution in [2.45, 2.75) is 39.7 Å². The summed E-state index contributed by atoms with van der Waals surface area (Å²) in [6, 6.07) is 0.507. The Bertz CT molecular complexity index is 497. The lowest BCUT2D eigenvalue weighted by molar-refractivity contribution is -0.130. The van der Waals surface area contributed by atoms with Gasteiger partial charge in [0.2, 0.25) is 5.91 Å². The predicted molar refractivity (Wildman–Crippen MR) is 118 cm³/mol. The van der Waals surface area contributed by atoms with Crippen LogP contribution in [0.15, 0.2) is 4.99 Å². The lowest BCUT2D eigenvalue weighted by Gasteiger charge is -2.39. The van der Waals surface area contributed by atoms with Crippen LogP contribution in [0.3, 0.4) is 0 Å². The number of guanidine groups is 1. The fourth-order valence-corrected chi connectivity index (χ4v) is 4.38. The van der Waals surface area contributed by atoms with Gasteiger partial charge in [-0.2, -0.15) is 0 Å². The molecule has 8 nitrogen and oxygen atoms in total. The molecule has 1 amide bonds. The smallest absolute Gasteiger partial charge is 0.219 e. The zero-order valence-electron chi connectivity index (χ0n) is 19.0. The van der Waals surface area contributed by atoms with Crippen LogP contribution in [0.25, 0.3) is 0 Å². The molecule has 2 rings (SSSR count). The summed E-state index contributed by atoms with van der Waals surface area (Å²) in [5, 5.41) is 7.02. The van der Waals surface area contributed by atoms with Crippen molar-refractivity contribution in [3.05, 3.63) is 0 Å². The molecule has 0 radical (unpaired) electrons. The highest BCUT2D eigenvalue weighted by Crippen LogP contribution is 2.19. The van der Waals surface area contributed by atoms with Crippen molar-refractivity contribution in [2.24, 2.45) is 10.9 Å². The summed E-state index contributed by atoms with van der Waals surface area (Å²) in [4.78, 5) is 22.8. The minimum absolute atomic E-state index is 0.180. The Morgan fingerprint density at radius 2 is 1.69 bits per heavy atom. The van der Waals surface area contributed by atoms with Crippen molar-refractivity contribution >= 4 is 11.9 Å². The Morgan fingerprint density at radius 1 is 1.03 bits per heavy atom. The van der Waals surface area contributed by atoms with Crippen molar-refractivity contribution in [2.75, 3.05) is 79.2 Å². The average molecular weight is 411 g/mol. The Balaban J connectivity index is 1.75. The van der Waals surface area contributed by atoms with Gasteiger partial charge >= 0.3 is 0 Å². The quantitative estimate of drug-likeness (QED) is 0.425. The van der Waals surface area contributed by atoms with E-state index in [0.29, 0.717) is 12.0 Å². The lowest BCUT2D eigenvalue weighted by Crippen LogP contribution is -2.54. The minimum atomic E-state index is 0.180. The standard InChI is InChI=1S/C21H42N6O2/c1-5-19(6-2)20(27-13-15-29-16-14-27)17-24-21(22-4)23-7-8-25-9-11-26(12-10-25)18(3)28/h19-20H,5-17H2,1-4H3,(H2,22,23,24). The van der Waals surface area contributed by atoms with Gasteiger partial charge in [-0.3, -0.25) is 19.6 Å². The summed E-state index contributed by atoms with van der Waals surface area (Å²) >= 11 is 0. The van der Waals surface area contributed by atoms with E-state index in [4.69, 9.17) is 4.74 Å². The van der Waals surface area contributed by atoms with Crippen molar-refractivity contribution in [3.8, 4) is 0 Å². The third-order valence-corrected chi connectivity index (χ3v) is 6.35. The van der Waals surface area contributed by atoms with Gasteiger partial charge in [0.15, 0.2) is 5.96 Å². The first-order valence-electron chi connectivity index (χ1n) is 11.3. The van der Waals surface area contributed by atoms with Crippen LogP contribution < -0.4 is 10.6 Å². The number of aliphatic imine (C=N–C) groups is 1. The van der Waals surface area contributed by atoms with Crippen molar-refractivity contribution in [3.63, 3.8) is 0 Å². The van der Waals surface area contributed by atoms with Crippen LogP contribution in [0, 0.1) is 5.92 Å². The van der Waals surface area contributed by atoms with Crippen LogP contribution in [0.1, 0.15) is 33.6 Å². The number of ether oxygens (including phenoxy) is 1. The number of hydrogen-bond donors (Lipinski definition) is 2. The third kappa shape index (κ3) is 7.75. The number of hydrogen-bond acceptors (Lipinski definition) is 5. The zero-order valence-corrected chi connectivity index (χ0v) is 19.0. The molecule has 0 aromatic heterocycles. The molecule has 2 N–H and O–H groups in total. The molecular weight excluding hydrogens is 368 g/mol. The molecule has 0 bridgehead atoms. The fourth-order valence-electron chi connectivity index (χ4n) is 4.38. The molecule has 2 fully saturated rings. The van der Waals surface area contributed by atoms with E-state index in [1.165, 1.54) is 12.8 Å². The van der Waals surface area contributed by atoms with Gasteiger partial charge in [-0.05, 0) is 5.92 Å². The molecule has 8 heteroatoms. The van der Waals surface area contributed by atoms with Crippen LogP contribution >= 0.6 is 0 Å². The number of nitrogens with one attached hydrogen (secondary N) is 2. The molecule has 168 valence electrons. The van der Waals surface area contributed by atoms with Crippen LogP contribution in [0.5, 0.6) is 0 Å². The molecule has 29 heavy (non-hydrogen) atoms. The monoisotopic (exact) mass is 410 g/mol. The van der Waals surface area contributed by atoms with Crippen molar-refractivity contribution in [1.82, 2.24) is 25.3 Å². The normalized spacial score (nSPS) is 20.7. The fraction of sp³-hybridized carbons (Fsp3) is 0.905. The average Bonchev–Trinajstić information content (AvgIpc) is 2.76. The molecule has 1 unspecified atom stereocenters. The van der Waals surface area contributed by atoms with E-state index in [9.17, 15) is 4.79 Å². The zero-order chi connectivity index (χ0) is 21.1. The molecule has 0 saturated carbocycles. The Hall–Kier alpha value is -1.38. The van der Waals surface area contributed by atoms with Crippen LogP contribution in [-0.2, 0) is 9.53 Å². The van der Waals surface area contributed by atoms with Gasteiger partial charge < -0.3 is 20.3 Å². The minimum Gasteiger partial charge on any atom is -0.379 e. The highest BCUT2D eigenvalue weighted by Gasteiger charge is 2.27. The molecule has 0 aromatic rings. The molecule has 2 saturated heterocycles. The second kappa shape index (κ2) is 13.0. The summed E-state index contributed by atoms with van der Waals surface area (Å²) in [5.41, 5.74) is 0. The maximum Gasteiger partial charge on any atom is 0.219 e. The van der Waals surface area contributed by atoms with Gasteiger partial charge in [0.05, 0.1) is 13.2 Å². The second-order valence-electron chi connectivity index (χ2n) is 8.02. The van der Waals surface area contributed by atoms with E-state index >= 15 is 0 Å². The van der Waals surface area contributed by atoms with E-state index in [1.54, 1.807) is 6.92 Å². The summed E-state index contributed by atoms with van der Waals surface area (Å²) in [5.74, 6) is 1.73. The first-order chi connectivity index (χ1) is 14.1. The van der Waals surface area contributed by atoms with Gasteiger partial charge in [0.1, 0.15) is 0 Å². The SMILES string of the molecule is CCC(CC)C(CNC(=NC)NCCN1CCN(C(C)=O)CC1)N1CCOCC1.